The van der Waals surface area contributed by atoms with Crippen molar-refractivity contribution >= 4 is 11.6 Å². The Kier molecular flexibility index (Phi) is 3.46. The molecule has 3 heteroatoms. The topological polar surface area (TPSA) is 36.7 Å². The highest BCUT2D eigenvalue weighted by molar-refractivity contribution is 6.30. The first-order valence-corrected chi connectivity index (χ1v) is 7.26. The highest BCUT2D eigenvalue weighted by Gasteiger charge is 2.13. The molecule has 0 unspecified atom stereocenters. The molecule has 0 N–H and O–H groups in total. The molecule has 1 aliphatic carbocycles. The fourth-order valence-corrected chi connectivity index (χ4v) is 3.09. The lowest BCUT2D eigenvalue weighted by Gasteiger charge is -2.16. The Morgan fingerprint density at radius 1 is 1.15 bits per heavy atom. The predicted octanol–water partition coefficient (Wildman–Crippen LogP) is 4.46. The maximum absolute atomic E-state index is 9.04. The molecular formula is C17H15ClN2. The van der Waals surface area contributed by atoms with Crippen molar-refractivity contribution in [3.8, 4) is 17.3 Å². The third-order valence-corrected chi connectivity index (χ3v) is 4.20. The molecular weight excluding hydrogens is 268 g/mol. The first-order valence-electron chi connectivity index (χ1n) is 6.88. The van der Waals surface area contributed by atoms with Crippen molar-refractivity contribution in [2.45, 2.75) is 32.6 Å². The van der Waals surface area contributed by atoms with Crippen LogP contribution < -0.4 is 0 Å². The van der Waals surface area contributed by atoms with Gasteiger partial charge in [-0.25, -0.2) is 4.98 Å². The average Bonchev–Trinajstić information content (AvgIpc) is 2.46. The first kappa shape index (κ1) is 13.1. The van der Waals surface area contributed by atoms with Crippen molar-refractivity contribution < 1.29 is 0 Å². The van der Waals surface area contributed by atoms with Gasteiger partial charge in [0, 0.05) is 5.56 Å². The molecule has 0 atom stereocenters. The fraction of sp³-hybridized carbons (Fsp3) is 0.294. The van der Waals surface area contributed by atoms with Gasteiger partial charge in [-0.3, -0.25) is 0 Å². The number of aryl methyl sites for hydroxylation is 3. The van der Waals surface area contributed by atoms with Crippen molar-refractivity contribution in [2.24, 2.45) is 0 Å². The first-order chi connectivity index (χ1) is 9.69. The van der Waals surface area contributed by atoms with E-state index in [4.69, 9.17) is 16.9 Å². The molecule has 3 rings (SSSR count). The van der Waals surface area contributed by atoms with Crippen molar-refractivity contribution in [1.82, 2.24) is 4.98 Å². The molecule has 1 aliphatic rings. The molecule has 0 radical (unpaired) electrons. The van der Waals surface area contributed by atoms with Crippen LogP contribution in [-0.4, -0.2) is 4.98 Å². The zero-order chi connectivity index (χ0) is 14.1. The molecule has 2 aromatic rings. The average molecular weight is 283 g/mol. The summed E-state index contributed by atoms with van der Waals surface area (Å²) in [6.45, 7) is 1.90. The van der Waals surface area contributed by atoms with Crippen LogP contribution in [0.5, 0.6) is 0 Å². The molecule has 0 saturated carbocycles. The zero-order valence-corrected chi connectivity index (χ0v) is 12.2. The van der Waals surface area contributed by atoms with Gasteiger partial charge >= 0.3 is 0 Å². The summed E-state index contributed by atoms with van der Waals surface area (Å²) in [6, 6.07) is 10.6. The van der Waals surface area contributed by atoms with E-state index in [1.54, 1.807) is 0 Å². The van der Waals surface area contributed by atoms with Crippen LogP contribution >= 0.6 is 11.6 Å². The van der Waals surface area contributed by atoms with E-state index in [0.717, 1.165) is 23.2 Å². The molecule has 1 aromatic carbocycles. The summed E-state index contributed by atoms with van der Waals surface area (Å²) in [7, 11) is 0. The van der Waals surface area contributed by atoms with Crippen molar-refractivity contribution in [2.75, 3.05) is 0 Å². The highest BCUT2D eigenvalue weighted by Crippen LogP contribution is 2.29. The Morgan fingerprint density at radius 2 is 1.90 bits per heavy atom. The largest absolute Gasteiger partial charge is 0.235 e. The number of nitriles is 1. The SMILES string of the molecule is Cc1cc(-c2ccc3c(c2)CCCC3)nc(Cl)c1C#N. The van der Waals surface area contributed by atoms with Crippen LogP contribution in [-0.2, 0) is 12.8 Å². The summed E-state index contributed by atoms with van der Waals surface area (Å²) in [5.41, 5.74) is 6.15. The number of benzene rings is 1. The van der Waals surface area contributed by atoms with Crippen LogP contribution in [0.2, 0.25) is 5.15 Å². The minimum atomic E-state index is 0.292. The van der Waals surface area contributed by atoms with Crippen LogP contribution in [0.15, 0.2) is 24.3 Å². The Balaban J connectivity index is 2.08. The van der Waals surface area contributed by atoms with Crippen LogP contribution in [0.1, 0.15) is 35.1 Å². The maximum Gasteiger partial charge on any atom is 0.147 e. The van der Waals surface area contributed by atoms with Gasteiger partial charge in [-0.1, -0.05) is 23.7 Å². The third-order valence-electron chi connectivity index (χ3n) is 3.93. The van der Waals surface area contributed by atoms with E-state index in [1.807, 2.05) is 13.0 Å². The quantitative estimate of drug-likeness (QED) is 0.724. The van der Waals surface area contributed by atoms with E-state index in [2.05, 4.69) is 29.3 Å². The number of pyridine rings is 1. The Labute approximate surface area is 124 Å². The molecule has 0 spiro atoms. The van der Waals surface area contributed by atoms with E-state index in [0.29, 0.717) is 10.7 Å². The normalized spacial score (nSPS) is 13.7. The minimum absolute atomic E-state index is 0.292. The number of hydrogen-bond donors (Lipinski definition) is 0. The van der Waals surface area contributed by atoms with Gasteiger partial charge in [0.15, 0.2) is 0 Å². The summed E-state index contributed by atoms with van der Waals surface area (Å²) in [5.74, 6) is 0. The molecule has 100 valence electrons. The van der Waals surface area contributed by atoms with E-state index < -0.39 is 0 Å². The number of aromatic nitrogens is 1. The lowest BCUT2D eigenvalue weighted by atomic mass is 9.90. The second-order valence-electron chi connectivity index (χ2n) is 5.29. The van der Waals surface area contributed by atoms with E-state index in [-0.39, 0.29) is 0 Å². The molecule has 0 aliphatic heterocycles. The van der Waals surface area contributed by atoms with E-state index in [9.17, 15) is 0 Å². The third kappa shape index (κ3) is 2.30. The number of rotatable bonds is 1. The Morgan fingerprint density at radius 3 is 2.60 bits per heavy atom. The lowest BCUT2D eigenvalue weighted by Crippen LogP contribution is -2.02. The molecule has 20 heavy (non-hydrogen) atoms. The predicted molar refractivity (Wildman–Crippen MR) is 80.8 cm³/mol. The molecule has 1 aromatic heterocycles. The van der Waals surface area contributed by atoms with E-state index >= 15 is 0 Å². The van der Waals surface area contributed by atoms with Crippen molar-refractivity contribution in [3.05, 3.63) is 51.7 Å². The number of fused-ring (bicyclic) bond motifs is 1. The summed E-state index contributed by atoms with van der Waals surface area (Å²) in [5, 5.41) is 9.34. The second kappa shape index (κ2) is 5.26. The molecule has 0 fully saturated rings. The summed E-state index contributed by atoms with van der Waals surface area (Å²) < 4.78 is 0. The van der Waals surface area contributed by atoms with Gasteiger partial charge in [-0.15, -0.1) is 0 Å². The van der Waals surface area contributed by atoms with Gasteiger partial charge in [0.05, 0.1) is 11.3 Å². The van der Waals surface area contributed by atoms with E-state index in [1.165, 1.54) is 30.4 Å². The molecule has 0 bridgehead atoms. The van der Waals surface area contributed by atoms with Crippen LogP contribution in [0.25, 0.3) is 11.3 Å². The number of nitrogens with zero attached hydrogens (tertiary/aromatic N) is 2. The summed E-state index contributed by atoms with van der Waals surface area (Å²) in [6.07, 6.45) is 4.87. The number of halogens is 1. The Hall–Kier alpha value is -1.85. The molecule has 0 amide bonds. The van der Waals surface area contributed by atoms with Crippen molar-refractivity contribution in [3.63, 3.8) is 0 Å². The maximum atomic E-state index is 9.04. The lowest BCUT2D eigenvalue weighted by molar-refractivity contribution is 0.686. The van der Waals surface area contributed by atoms with Crippen LogP contribution in [0.3, 0.4) is 0 Å². The highest BCUT2D eigenvalue weighted by atomic mass is 35.5. The van der Waals surface area contributed by atoms with Gasteiger partial charge in [0.2, 0.25) is 0 Å². The summed E-state index contributed by atoms with van der Waals surface area (Å²) in [4.78, 5) is 4.37. The van der Waals surface area contributed by atoms with Gasteiger partial charge in [0.1, 0.15) is 11.2 Å². The van der Waals surface area contributed by atoms with Gasteiger partial charge in [-0.2, -0.15) is 5.26 Å². The van der Waals surface area contributed by atoms with Crippen LogP contribution in [0.4, 0.5) is 0 Å². The fourth-order valence-electron chi connectivity index (χ4n) is 2.81. The molecule has 0 saturated heterocycles. The van der Waals surface area contributed by atoms with Crippen LogP contribution in [0, 0.1) is 18.3 Å². The van der Waals surface area contributed by atoms with Crippen molar-refractivity contribution in [1.29, 1.82) is 5.26 Å². The number of hydrogen-bond acceptors (Lipinski definition) is 2. The molecule has 1 heterocycles. The Bertz CT molecular complexity index is 690. The van der Waals surface area contributed by atoms with Gasteiger partial charge in [0.25, 0.3) is 0 Å². The zero-order valence-electron chi connectivity index (χ0n) is 11.4. The summed E-state index contributed by atoms with van der Waals surface area (Å²) >= 11 is 6.09. The second-order valence-corrected chi connectivity index (χ2v) is 5.65. The standard InChI is InChI=1S/C17H15ClN2/c1-11-8-16(20-17(18)15(11)10-19)14-7-6-12-4-2-3-5-13(12)9-14/h6-9H,2-5H2,1H3. The minimum Gasteiger partial charge on any atom is -0.235 e. The van der Waals surface area contributed by atoms with Gasteiger partial charge < -0.3 is 0 Å². The van der Waals surface area contributed by atoms with Gasteiger partial charge in [-0.05, 0) is 61.4 Å². The molecule has 2 nitrogen and oxygen atoms in total. The monoisotopic (exact) mass is 282 g/mol. The smallest absolute Gasteiger partial charge is 0.147 e.